The lowest BCUT2D eigenvalue weighted by molar-refractivity contribution is -0.143. The van der Waals surface area contributed by atoms with Crippen LogP contribution in [0.5, 0.6) is 0 Å². The first kappa shape index (κ1) is 13.0. The van der Waals surface area contributed by atoms with Crippen LogP contribution >= 0.6 is 11.8 Å². The summed E-state index contributed by atoms with van der Waals surface area (Å²) in [7, 11) is 1.91. The van der Waals surface area contributed by atoms with Gasteiger partial charge in [-0.25, -0.2) is 0 Å². The predicted molar refractivity (Wildman–Crippen MR) is 74.0 cm³/mol. The van der Waals surface area contributed by atoms with Crippen molar-refractivity contribution in [1.82, 2.24) is 14.7 Å². The molecule has 1 aromatic heterocycles. The zero-order valence-corrected chi connectivity index (χ0v) is 11.9. The van der Waals surface area contributed by atoms with Gasteiger partial charge in [0, 0.05) is 43.5 Å². The van der Waals surface area contributed by atoms with Crippen molar-refractivity contribution in [2.45, 2.75) is 25.0 Å². The van der Waals surface area contributed by atoms with Gasteiger partial charge in [-0.2, -0.15) is 16.9 Å². The van der Waals surface area contributed by atoms with Crippen molar-refractivity contribution in [3.8, 4) is 0 Å². The number of nitrogens with zero attached hydrogens (tertiary/aromatic N) is 3. The molecule has 0 saturated carbocycles. The Morgan fingerprint density at radius 3 is 3.16 bits per heavy atom. The highest BCUT2D eigenvalue weighted by atomic mass is 32.2. The molecule has 0 unspecified atom stereocenters. The number of thioether (sulfide) groups is 1. The van der Waals surface area contributed by atoms with Gasteiger partial charge in [-0.1, -0.05) is 0 Å². The van der Waals surface area contributed by atoms with Crippen LogP contribution in [0, 0.1) is 0 Å². The highest BCUT2D eigenvalue weighted by molar-refractivity contribution is 7.99. The van der Waals surface area contributed by atoms with Crippen LogP contribution in [0.1, 0.15) is 24.4 Å². The molecule has 0 aromatic carbocycles. The van der Waals surface area contributed by atoms with Gasteiger partial charge in [0.1, 0.15) is 6.10 Å². The van der Waals surface area contributed by atoms with Gasteiger partial charge in [-0.3, -0.25) is 9.48 Å². The first-order valence-electron chi connectivity index (χ1n) is 6.74. The van der Waals surface area contributed by atoms with Crippen molar-refractivity contribution in [2.24, 2.45) is 7.05 Å². The normalized spacial score (nSPS) is 27.7. The number of aryl methyl sites for hydroxylation is 1. The third kappa shape index (κ3) is 2.65. The van der Waals surface area contributed by atoms with E-state index in [9.17, 15) is 4.79 Å². The third-order valence-corrected chi connectivity index (χ3v) is 4.75. The summed E-state index contributed by atoms with van der Waals surface area (Å²) in [6.45, 7) is 1.53. The summed E-state index contributed by atoms with van der Waals surface area (Å²) >= 11 is 1.90. The number of carbonyl (C=O) groups is 1. The zero-order chi connectivity index (χ0) is 13.2. The van der Waals surface area contributed by atoms with Crippen molar-refractivity contribution < 1.29 is 9.53 Å². The molecule has 0 radical (unpaired) electrons. The maximum Gasteiger partial charge on any atom is 0.252 e. The molecule has 1 aromatic rings. The van der Waals surface area contributed by atoms with Crippen molar-refractivity contribution in [2.75, 3.05) is 24.7 Å². The SMILES string of the molecule is Cn1cc([C@@H]2CSCCN2C(=O)[C@H]2CCCO2)cn1. The van der Waals surface area contributed by atoms with Crippen LogP contribution in [0.3, 0.4) is 0 Å². The molecule has 2 aliphatic rings. The highest BCUT2D eigenvalue weighted by Crippen LogP contribution is 2.31. The first-order valence-corrected chi connectivity index (χ1v) is 7.89. The molecule has 0 N–H and O–H groups in total. The summed E-state index contributed by atoms with van der Waals surface area (Å²) in [5.41, 5.74) is 1.13. The van der Waals surface area contributed by atoms with Gasteiger partial charge in [0.2, 0.25) is 0 Å². The lowest BCUT2D eigenvalue weighted by Crippen LogP contribution is -2.45. The molecule has 0 aliphatic carbocycles. The number of amides is 1. The maximum atomic E-state index is 12.6. The zero-order valence-electron chi connectivity index (χ0n) is 11.1. The number of rotatable bonds is 2. The quantitative estimate of drug-likeness (QED) is 0.817. The number of carbonyl (C=O) groups excluding carboxylic acids is 1. The predicted octanol–water partition coefficient (Wildman–Crippen LogP) is 1.22. The molecule has 104 valence electrons. The molecule has 2 saturated heterocycles. The van der Waals surface area contributed by atoms with E-state index in [-0.39, 0.29) is 18.1 Å². The van der Waals surface area contributed by atoms with Gasteiger partial charge in [0.05, 0.1) is 12.2 Å². The molecular formula is C13H19N3O2S. The number of hydrogen-bond acceptors (Lipinski definition) is 4. The third-order valence-electron chi connectivity index (χ3n) is 3.73. The summed E-state index contributed by atoms with van der Waals surface area (Å²) in [6.07, 6.45) is 5.51. The van der Waals surface area contributed by atoms with E-state index in [1.165, 1.54) is 0 Å². The Kier molecular flexibility index (Phi) is 3.79. The fourth-order valence-electron chi connectivity index (χ4n) is 2.71. The lowest BCUT2D eigenvalue weighted by Gasteiger charge is -2.36. The monoisotopic (exact) mass is 281 g/mol. The smallest absolute Gasteiger partial charge is 0.252 e. The van der Waals surface area contributed by atoms with Crippen molar-refractivity contribution in [3.05, 3.63) is 18.0 Å². The van der Waals surface area contributed by atoms with Crippen molar-refractivity contribution >= 4 is 17.7 Å². The van der Waals surface area contributed by atoms with Crippen LogP contribution in [0.4, 0.5) is 0 Å². The van der Waals surface area contributed by atoms with E-state index in [2.05, 4.69) is 5.10 Å². The Labute approximate surface area is 117 Å². The van der Waals surface area contributed by atoms with Gasteiger partial charge in [-0.15, -0.1) is 0 Å². The lowest BCUT2D eigenvalue weighted by atomic mass is 10.1. The number of aromatic nitrogens is 2. The van der Waals surface area contributed by atoms with Crippen molar-refractivity contribution in [1.29, 1.82) is 0 Å². The molecule has 0 bridgehead atoms. The van der Waals surface area contributed by atoms with Crippen LogP contribution in [-0.4, -0.2) is 51.3 Å². The fourth-order valence-corrected chi connectivity index (χ4v) is 3.80. The number of hydrogen-bond donors (Lipinski definition) is 0. The average molecular weight is 281 g/mol. The second-order valence-electron chi connectivity index (χ2n) is 5.07. The molecule has 0 spiro atoms. The molecule has 3 heterocycles. The van der Waals surface area contributed by atoms with E-state index in [1.807, 2.05) is 36.1 Å². The van der Waals surface area contributed by atoms with Crippen molar-refractivity contribution in [3.63, 3.8) is 0 Å². The Morgan fingerprint density at radius 1 is 1.58 bits per heavy atom. The van der Waals surface area contributed by atoms with Gasteiger partial charge in [0.15, 0.2) is 0 Å². The minimum absolute atomic E-state index is 0.143. The molecule has 19 heavy (non-hydrogen) atoms. The summed E-state index contributed by atoms with van der Waals surface area (Å²) in [5, 5.41) is 4.22. The Morgan fingerprint density at radius 2 is 2.47 bits per heavy atom. The fraction of sp³-hybridized carbons (Fsp3) is 0.692. The van der Waals surface area contributed by atoms with E-state index in [4.69, 9.17) is 4.74 Å². The van der Waals surface area contributed by atoms with E-state index in [0.717, 1.165) is 43.1 Å². The van der Waals surface area contributed by atoms with Gasteiger partial charge in [0.25, 0.3) is 5.91 Å². The standard InChI is InChI=1S/C13H19N3O2S/c1-15-8-10(7-14-15)11-9-19-6-4-16(11)13(17)12-3-2-5-18-12/h7-8,11-12H,2-6,9H2,1H3/t11-,12+/m0/s1. The minimum Gasteiger partial charge on any atom is -0.368 e. The summed E-state index contributed by atoms with van der Waals surface area (Å²) in [6, 6.07) is 0.143. The average Bonchev–Trinajstić information content (AvgIpc) is 3.09. The van der Waals surface area contributed by atoms with Crippen LogP contribution in [-0.2, 0) is 16.6 Å². The van der Waals surface area contributed by atoms with E-state index < -0.39 is 0 Å². The highest BCUT2D eigenvalue weighted by Gasteiger charge is 2.35. The van der Waals surface area contributed by atoms with E-state index in [0.29, 0.717) is 0 Å². The topological polar surface area (TPSA) is 47.4 Å². The van der Waals surface area contributed by atoms with Gasteiger partial charge in [-0.05, 0) is 12.8 Å². The Balaban J connectivity index is 1.78. The van der Waals surface area contributed by atoms with Crippen LogP contribution < -0.4 is 0 Å². The van der Waals surface area contributed by atoms with E-state index >= 15 is 0 Å². The first-order chi connectivity index (χ1) is 9.25. The van der Waals surface area contributed by atoms with E-state index in [1.54, 1.807) is 4.68 Å². The molecule has 6 heteroatoms. The second-order valence-corrected chi connectivity index (χ2v) is 6.22. The molecule has 2 fully saturated rings. The minimum atomic E-state index is -0.220. The molecular weight excluding hydrogens is 262 g/mol. The molecule has 2 atom stereocenters. The van der Waals surface area contributed by atoms with Gasteiger partial charge >= 0.3 is 0 Å². The Bertz CT molecular complexity index is 456. The molecule has 1 amide bonds. The van der Waals surface area contributed by atoms with Crippen LogP contribution in [0.2, 0.25) is 0 Å². The summed E-state index contributed by atoms with van der Waals surface area (Å²) in [5.74, 6) is 2.12. The maximum absolute atomic E-state index is 12.6. The number of ether oxygens (including phenoxy) is 1. The second kappa shape index (κ2) is 5.54. The molecule has 2 aliphatic heterocycles. The Hall–Kier alpha value is -1.01. The molecule has 5 nitrogen and oxygen atoms in total. The summed E-state index contributed by atoms with van der Waals surface area (Å²) < 4.78 is 7.33. The van der Waals surface area contributed by atoms with Gasteiger partial charge < -0.3 is 9.64 Å². The molecule has 3 rings (SSSR count). The largest absolute Gasteiger partial charge is 0.368 e. The van der Waals surface area contributed by atoms with Crippen LogP contribution in [0.15, 0.2) is 12.4 Å². The summed E-state index contributed by atoms with van der Waals surface area (Å²) in [4.78, 5) is 14.5. The van der Waals surface area contributed by atoms with Crippen LogP contribution in [0.25, 0.3) is 0 Å².